The average Bonchev–Trinajstić information content (AvgIpc) is 2.95. The van der Waals surface area contributed by atoms with Crippen molar-refractivity contribution in [2.24, 2.45) is 0 Å². The second-order valence-electron chi connectivity index (χ2n) is 6.02. The first-order valence-corrected chi connectivity index (χ1v) is 9.56. The minimum Gasteiger partial charge on any atom is -0.508 e. The second-order valence-corrected chi connectivity index (χ2v) is 7.70. The van der Waals surface area contributed by atoms with Crippen LogP contribution in [0.25, 0.3) is 6.08 Å². The van der Waals surface area contributed by atoms with Crippen LogP contribution in [-0.4, -0.2) is 32.2 Å². The van der Waals surface area contributed by atoms with Gasteiger partial charge in [0.1, 0.15) is 16.1 Å². The van der Waals surface area contributed by atoms with Gasteiger partial charge in [-0.25, -0.2) is 0 Å². The molecule has 3 rings (SSSR count). The van der Waals surface area contributed by atoms with Gasteiger partial charge in [0.05, 0.1) is 4.91 Å². The van der Waals surface area contributed by atoms with Gasteiger partial charge in [0.15, 0.2) is 0 Å². The molecule has 2 aromatic rings. The SMILES string of the molecule is CC(C(=O)NCc1ccccc1)N1C(=O)/C(=C/c2ccc(O)cc2)SC1=S. The van der Waals surface area contributed by atoms with E-state index in [2.05, 4.69) is 5.32 Å². The van der Waals surface area contributed by atoms with Gasteiger partial charge in [0.25, 0.3) is 5.91 Å². The predicted octanol–water partition coefficient (Wildman–Crippen LogP) is 3.30. The number of amides is 2. The van der Waals surface area contributed by atoms with E-state index < -0.39 is 6.04 Å². The summed E-state index contributed by atoms with van der Waals surface area (Å²) >= 11 is 6.48. The molecule has 1 aliphatic rings. The highest BCUT2D eigenvalue weighted by atomic mass is 32.2. The zero-order valence-electron chi connectivity index (χ0n) is 14.6. The van der Waals surface area contributed by atoms with Gasteiger partial charge in [-0.1, -0.05) is 66.4 Å². The van der Waals surface area contributed by atoms with E-state index in [0.29, 0.717) is 15.8 Å². The first-order valence-electron chi connectivity index (χ1n) is 8.33. The molecule has 27 heavy (non-hydrogen) atoms. The van der Waals surface area contributed by atoms with Crippen LogP contribution >= 0.6 is 24.0 Å². The van der Waals surface area contributed by atoms with Crippen molar-refractivity contribution in [2.75, 3.05) is 0 Å². The summed E-state index contributed by atoms with van der Waals surface area (Å²) in [6.45, 7) is 2.05. The number of hydrogen-bond donors (Lipinski definition) is 2. The van der Waals surface area contributed by atoms with Gasteiger partial charge in [-0.3, -0.25) is 14.5 Å². The molecular weight excluding hydrogens is 380 g/mol. The fourth-order valence-corrected chi connectivity index (χ4v) is 4.00. The van der Waals surface area contributed by atoms with Crippen LogP contribution in [0.3, 0.4) is 0 Å². The first kappa shape index (κ1) is 19.1. The van der Waals surface area contributed by atoms with Crippen LogP contribution in [0, 0.1) is 0 Å². The molecule has 1 fully saturated rings. The minimum absolute atomic E-state index is 0.156. The fourth-order valence-electron chi connectivity index (χ4n) is 2.59. The lowest BCUT2D eigenvalue weighted by atomic mass is 10.2. The normalized spacial score (nSPS) is 16.6. The van der Waals surface area contributed by atoms with Crippen LogP contribution in [0.1, 0.15) is 18.1 Å². The summed E-state index contributed by atoms with van der Waals surface area (Å²) in [7, 11) is 0. The number of thioether (sulfide) groups is 1. The molecule has 1 unspecified atom stereocenters. The summed E-state index contributed by atoms with van der Waals surface area (Å²) < 4.78 is 0.354. The number of thiocarbonyl (C=S) groups is 1. The maximum absolute atomic E-state index is 12.7. The van der Waals surface area contributed by atoms with Crippen LogP contribution in [-0.2, 0) is 16.1 Å². The van der Waals surface area contributed by atoms with Crippen molar-refractivity contribution in [3.8, 4) is 5.75 Å². The molecule has 1 heterocycles. The van der Waals surface area contributed by atoms with Crippen LogP contribution in [0.4, 0.5) is 0 Å². The van der Waals surface area contributed by atoms with Gasteiger partial charge >= 0.3 is 0 Å². The molecule has 0 radical (unpaired) electrons. The Balaban J connectivity index is 1.68. The number of rotatable bonds is 5. The van der Waals surface area contributed by atoms with E-state index in [1.807, 2.05) is 30.3 Å². The monoisotopic (exact) mass is 398 g/mol. The van der Waals surface area contributed by atoms with Gasteiger partial charge in [0.2, 0.25) is 5.91 Å². The van der Waals surface area contributed by atoms with Crippen molar-refractivity contribution in [2.45, 2.75) is 19.5 Å². The van der Waals surface area contributed by atoms with E-state index in [1.54, 1.807) is 37.3 Å². The molecular formula is C20H18N2O3S2. The topological polar surface area (TPSA) is 69.6 Å². The summed E-state index contributed by atoms with van der Waals surface area (Å²) in [6.07, 6.45) is 1.70. The number of carbonyl (C=O) groups excluding carboxylic acids is 2. The van der Waals surface area contributed by atoms with Gasteiger partial charge in [-0.05, 0) is 36.3 Å². The van der Waals surface area contributed by atoms with Gasteiger partial charge < -0.3 is 10.4 Å². The van der Waals surface area contributed by atoms with Crippen molar-refractivity contribution >= 4 is 46.2 Å². The Bertz CT molecular complexity index is 895. The maximum atomic E-state index is 12.7. The van der Waals surface area contributed by atoms with Crippen LogP contribution in [0.15, 0.2) is 59.5 Å². The number of carbonyl (C=O) groups is 2. The lowest BCUT2D eigenvalue weighted by Crippen LogP contribution is -2.46. The molecule has 2 amide bonds. The standard InChI is InChI=1S/C20H18N2O3S2/c1-13(18(24)21-12-15-5-3-2-4-6-15)22-19(25)17(27-20(22)26)11-14-7-9-16(23)10-8-14/h2-11,13,23H,12H2,1H3,(H,21,24)/b17-11-. The zero-order chi connectivity index (χ0) is 19.4. The van der Waals surface area contributed by atoms with Crippen molar-refractivity contribution < 1.29 is 14.7 Å². The Morgan fingerprint density at radius 1 is 1.22 bits per heavy atom. The summed E-state index contributed by atoms with van der Waals surface area (Å²) in [6, 6.07) is 15.4. The van der Waals surface area contributed by atoms with Crippen LogP contribution < -0.4 is 5.32 Å². The molecule has 1 saturated heterocycles. The fraction of sp³-hybridized carbons (Fsp3) is 0.150. The van der Waals surface area contributed by atoms with Crippen molar-refractivity contribution in [3.63, 3.8) is 0 Å². The number of benzene rings is 2. The minimum atomic E-state index is -0.702. The summed E-state index contributed by atoms with van der Waals surface area (Å²) in [4.78, 5) is 27.0. The second kappa shape index (κ2) is 8.37. The molecule has 7 heteroatoms. The number of nitrogens with zero attached hydrogens (tertiary/aromatic N) is 1. The molecule has 138 valence electrons. The summed E-state index contributed by atoms with van der Waals surface area (Å²) in [5.74, 6) is -0.398. The zero-order valence-corrected chi connectivity index (χ0v) is 16.2. The summed E-state index contributed by atoms with van der Waals surface area (Å²) in [5.41, 5.74) is 1.75. The molecule has 0 aromatic heterocycles. The lowest BCUT2D eigenvalue weighted by Gasteiger charge is -2.22. The molecule has 2 N–H and O–H groups in total. The van der Waals surface area contributed by atoms with Crippen molar-refractivity contribution in [3.05, 3.63) is 70.6 Å². The highest BCUT2D eigenvalue weighted by Gasteiger charge is 2.38. The van der Waals surface area contributed by atoms with Crippen LogP contribution in [0.2, 0.25) is 0 Å². The highest BCUT2D eigenvalue weighted by Crippen LogP contribution is 2.34. The van der Waals surface area contributed by atoms with E-state index >= 15 is 0 Å². The Labute approximate surface area is 167 Å². The average molecular weight is 399 g/mol. The maximum Gasteiger partial charge on any atom is 0.266 e. The number of hydrogen-bond acceptors (Lipinski definition) is 5. The van der Waals surface area contributed by atoms with Crippen LogP contribution in [0.5, 0.6) is 5.75 Å². The Morgan fingerprint density at radius 2 is 1.89 bits per heavy atom. The number of aromatic hydroxyl groups is 1. The molecule has 1 aliphatic heterocycles. The number of phenols is 1. The Morgan fingerprint density at radius 3 is 2.56 bits per heavy atom. The third kappa shape index (κ3) is 4.56. The third-order valence-electron chi connectivity index (χ3n) is 4.09. The smallest absolute Gasteiger partial charge is 0.266 e. The number of nitrogens with one attached hydrogen (secondary N) is 1. The Hall–Kier alpha value is -2.64. The molecule has 1 atom stereocenters. The number of phenolic OH excluding ortho intramolecular Hbond substituents is 1. The molecule has 0 spiro atoms. The van der Waals surface area contributed by atoms with E-state index in [9.17, 15) is 14.7 Å². The lowest BCUT2D eigenvalue weighted by molar-refractivity contribution is -0.132. The molecule has 0 bridgehead atoms. The molecule has 0 aliphatic carbocycles. The third-order valence-corrected chi connectivity index (χ3v) is 5.42. The van der Waals surface area contributed by atoms with Gasteiger partial charge in [-0.2, -0.15) is 0 Å². The predicted molar refractivity (Wildman–Crippen MR) is 111 cm³/mol. The largest absolute Gasteiger partial charge is 0.508 e. The summed E-state index contributed by atoms with van der Waals surface area (Å²) in [5, 5.41) is 12.2. The van der Waals surface area contributed by atoms with Gasteiger partial charge in [0, 0.05) is 6.54 Å². The van der Waals surface area contributed by atoms with Crippen molar-refractivity contribution in [1.82, 2.24) is 10.2 Å². The first-order chi connectivity index (χ1) is 13.0. The van der Waals surface area contributed by atoms with E-state index in [4.69, 9.17) is 12.2 Å². The quantitative estimate of drug-likeness (QED) is 0.597. The van der Waals surface area contributed by atoms with E-state index in [1.165, 1.54) is 16.7 Å². The van der Waals surface area contributed by atoms with Crippen molar-refractivity contribution in [1.29, 1.82) is 0 Å². The molecule has 0 saturated carbocycles. The molecule has 5 nitrogen and oxygen atoms in total. The van der Waals surface area contributed by atoms with Gasteiger partial charge in [-0.15, -0.1) is 0 Å². The highest BCUT2D eigenvalue weighted by molar-refractivity contribution is 8.26. The van der Waals surface area contributed by atoms with E-state index in [0.717, 1.165) is 11.1 Å². The van der Waals surface area contributed by atoms with E-state index in [-0.39, 0.29) is 17.6 Å². The molecule has 2 aromatic carbocycles. The Kier molecular flexibility index (Phi) is 5.93.